The molecule has 0 spiro atoms. The SMILES string of the molecule is CN(C(=O)CCCC(=O)NC(CC(=O)O)C(=O)O)c1ccccc1. The zero-order valence-corrected chi connectivity index (χ0v) is 13.3. The second-order valence-corrected chi connectivity index (χ2v) is 5.20. The molecular formula is C16H20N2O6. The number of nitrogens with zero attached hydrogens (tertiary/aromatic N) is 1. The summed E-state index contributed by atoms with van der Waals surface area (Å²) in [5, 5.41) is 19.6. The van der Waals surface area contributed by atoms with Crippen LogP contribution in [0.1, 0.15) is 25.7 Å². The number of hydrogen-bond donors (Lipinski definition) is 3. The molecule has 0 fully saturated rings. The fraction of sp³-hybridized carbons (Fsp3) is 0.375. The van der Waals surface area contributed by atoms with Gasteiger partial charge in [-0.1, -0.05) is 18.2 Å². The van der Waals surface area contributed by atoms with Crippen molar-refractivity contribution in [3.8, 4) is 0 Å². The van der Waals surface area contributed by atoms with E-state index in [1.165, 1.54) is 4.90 Å². The second kappa shape index (κ2) is 9.29. The number of carboxylic acids is 2. The highest BCUT2D eigenvalue weighted by molar-refractivity contribution is 5.93. The summed E-state index contributed by atoms with van der Waals surface area (Å²) in [6.07, 6.45) is -0.398. The van der Waals surface area contributed by atoms with Crippen molar-refractivity contribution in [2.24, 2.45) is 0 Å². The number of rotatable bonds is 9. The van der Waals surface area contributed by atoms with Gasteiger partial charge >= 0.3 is 11.9 Å². The van der Waals surface area contributed by atoms with Crippen LogP contribution in [0.25, 0.3) is 0 Å². The van der Waals surface area contributed by atoms with E-state index in [1.54, 1.807) is 31.3 Å². The van der Waals surface area contributed by atoms with Crippen molar-refractivity contribution >= 4 is 29.4 Å². The predicted molar refractivity (Wildman–Crippen MR) is 85.5 cm³/mol. The van der Waals surface area contributed by atoms with Crippen LogP contribution in [0.3, 0.4) is 0 Å². The maximum atomic E-state index is 12.0. The quantitative estimate of drug-likeness (QED) is 0.614. The molecule has 0 heterocycles. The summed E-state index contributed by atoms with van der Waals surface area (Å²) in [5.41, 5.74) is 0.736. The van der Waals surface area contributed by atoms with Crippen molar-refractivity contribution in [2.75, 3.05) is 11.9 Å². The normalized spacial score (nSPS) is 11.4. The van der Waals surface area contributed by atoms with Gasteiger partial charge in [0.2, 0.25) is 11.8 Å². The van der Waals surface area contributed by atoms with Gasteiger partial charge in [-0.05, 0) is 18.6 Å². The van der Waals surface area contributed by atoms with E-state index in [0.29, 0.717) is 0 Å². The fourth-order valence-corrected chi connectivity index (χ4v) is 2.00. The topological polar surface area (TPSA) is 124 Å². The lowest BCUT2D eigenvalue weighted by molar-refractivity contribution is -0.147. The summed E-state index contributed by atoms with van der Waals surface area (Å²) in [6, 6.07) is 7.55. The molecule has 1 atom stereocenters. The number of benzene rings is 1. The molecule has 0 aromatic heterocycles. The number of carboxylic acid groups (broad SMARTS) is 2. The first-order chi connectivity index (χ1) is 11.3. The van der Waals surface area contributed by atoms with Crippen LogP contribution in [-0.2, 0) is 19.2 Å². The highest BCUT2D eigenvalue weighted by atomic mass is 16.4. The standard InChI is InChI=1S/C16H20N2O6/c1-18(11-6-3-2-4-7-11)14(20)9-5-8-13(19)17-12(16(23)24)10-15(21)22/h2-4,6-7,12H,5,8-10H2,1H3,(H,17,19)(H,21,22)(H,23,24). The predicted octanol–water partition coefficient (Wildman–Crippen LogP) is 0.864. The second-order valence-electron chi connectivity index (χ2n) is 5.20. The largest absolute Gasteiger partial charge is 0.481 e. The first-order valence-corrected chi connectivity index (χ1v) is 7.37. The van der Waals surface area contributed by atoms with E-state index in [9.17, 15) is 19.2 Å². The molecule has 0 radical (unpaired) electrons. The lowest BCUT2D eigenvalue weighted by atomic mass is 10.1. The molecule has 0 aliphatic rings. The van der Waals surface area contributed by atoms with E-state index in [0.717, 1.165) is 5.69 Å². The number of carbonyl (C=O) groups excluding carboxylic acids is 2. The summed E-state index contributed by atoms with van der Waals surface area (Å²) in [5.74, 6) is -3.50. The van der Waals surface area contributed by atoms with E-state index in [2.05, 4.69) is 5.32 Å². The number of carbonyl (C=O) groups is 4. The van der Waals surface area contributed by atoms with Crippen molar-refractivity contribution in [1.82, 2.24) is 5.32 Å². The van der Waals surface area contributed by atoms with Crippen molar-refractivity contribution in [2.45, 2.75) is 31.7 Å². The lowest BCUT2D eigenvalue weighted by Crippen LogP contribution is -2.42. The summed E-state index contributed by atoms with van der Waals surface area (Å²) < 4.78 is 0. The van der Waals surface area contributed by atoms with Gasteiger partial charge in [0, 0.05) is 25.6 Å². The summed E-state index contributed by atoms with van der Waals surface area (Å²) in [7, 11) is 1.63. The van der Waals surface area contributed by atoms with Gasteiger partial charge in [-0.2, -0.15) is 0 Å². The Balaban J connectivity index is 2.40. The minimum Gasteiger partial charge on any atom is -0.481 e. The van der Waals surface area contributed by atoms with Gasteiger partial charge in [0.1, 0.15) is 6.04 Å². The molecular weight excluding hydrogens is 316 g/mol. The Morgan fingerprint density at radius 2 is 1.71 bits per heavy atom. The molecule has 1 aromatic rings. The molecule has 0 saturated carbocycles. The van der Waals surface area contributed by atoms with Gasteiger partial charge in [0.15, 0.2) is 0 Å². The Bertz CT molecular complexity index is 602. The van der Waals surface area contributed by atoms with Crippen LogP contribution in [0.15, 0.2) is 30.3 Å². The number of amides is 2. The van der Waals surface area contributed by atoms with Crippen LogP contribution in [-0.4, -0.2) is 47.1 Å². The van der Waals surface area contributed by atoms with E-state index >= 15 is 0 Å². The van der Waals surface area contributed by atoms with Crippen LogP contribution in [0.4, 0.5) is 5.69 Å². The Morgan fingerprint density at radius 3 is 2.25 bits per heavy atom. The number of nitrogens with one attached hydrogen (secondary N) is 1. The maximum Gasteiger partial charge on any atom is 0.326 e. The van der Waals surface area contributed by atoms with E-state index < -0.39 is 30.3 Å². The van der Waals surface area contributed by atoms with E-state index in [1.807, 2.05) is 6.07 Å². The van der Waals surface area contributed by atoms with Gasteiger partial charge in [-0.25, -0.2) is 4.79 Å². The summed E-state index contributed by atoms with van der Waals surface area (Å²) in [4.78, 5) is 46.6. The molecule has 1 unspecified atom stereocenters. The molecule has 130 valence electrons. The van der Waals surface area contributed by atoms with Gasteiger partial charge < -0.3 is 20.4 Å². The van der Waals surface area contributed by atoms with Crippen molar-refractivity contribution in [1.29, 1.82) is 0 Å². The van der Waals surface area contributed by atoms with Crippen LogP contribution in [0.5, 0.6) is 0 Å². The Hall–Kier alpha value is -2.90. The Morgan fingerprint density at radius 1 is 1.08 bits per heavy atom. The number of anilines is 1. The highest BCUT2D eigenvalue weighted by Gasteiger charge is 2.22. The average molecular weight is 336 g/mol. The molecule has 24 heavy (non-hydrogen) atoms. The first-order valence-electron chi connectivity index (χ1n) is 7.37. The van der Waals surface area contributed by atoms with Crippen LogP contribution in [0, 0.1) is 0 Å². The van der Waals surface area contributed by atoms with Crippen molar-refractivity contribution in [3.63, 3.8) is 0 Å². The molecule has 0 aliphatic heterocycles. The number of hydrogen-bond acceptors (Lipinski definition) is 4. The molecule has 2 amide bonds. The summed E-state index contributed by atoms with van der Waals surface area (Å²) in [6.45, 7) is 0. The maximum absolute atomic E-state index is 12.0. The molecule has 1 aromatic carbocycles. The third kappa shape index (κ3) is 6.47. The number of para-hydroxylation sites is 1. The molecule has 1 rings (SSSR count). The van der Waals surface area contributed by atoms with Gasteiger partial charge in [0.05, 0.1) is 6.42 Å². The first kappa shape index (κ1) is 19.1. The zero-order chi connectivity index (χ0) is 18.1. The molecule has 8 heteroatoms. The number of aliphatic carboxylic acids is 2. The average Bonchev–Trinajstić information content (AvgIpc) is 2.53. The fourth-order valence-electron chi connectivity index (χ4n) is 2.00. The third-order valence-electron chi connectivity index (χ3n) is 3.32. The van der Waals surface area contributed by atoms with Crippen molar-refractivity contribution < 1.29 is 29.4 Å². The van der Waals surface area contributed by atoms with Crippen LogP contribution >= 0.6 is 0 Å². The van der Waals surface area contributed by atoms with Gasteiger partial charge in [-0.15, -0.1) is 0 Å². The minimum atomic E-state index is -1.47. The minimum absolute atomic E-state index is 0.0578. The third-order valence-corrected chi connectivity index (χ3v) is 3.32. The van der Waals surface area contributed by atoms with Gasteiger partial charge in [-0.3, -0.25) is 14.4 Å². The van der Waals surface area contributed by atoms with E-state index in [4.69, 9.17) is 10.2 Å². The molecule has 0 saturated heterocycles. The van der Waals surface area contributed by atoms with Gasteiger partial charge in [0.25, 0.3) is 0 Å². The summed E-state index contributed by atoms with van der Waals surface area (Å²) >= 11 is 0. The van der Waals surface area contributed by atoms with Crippen molar-refractivity contribution in [3.05, 3.63) is 30.3 Å². The van der Waals surface area contributed by atoms with Crippen LogP contribution in [0.2, 0.25) is 0 Å². The van der Waals surface area contributed by atoms with E-state index in [-0.39, 0.29) is 25.2 Å². The smallest absolute Gasteiger partial charge is 0.326 e. The van der Waals surface area contributed by atoms with Crippen LogP contribution < -0.4 is 10.2 Å². The molecule has 0 bridgehead atoms. The zero-order valence-electron chi connectivity index (χ0n) is 13.3. The lowest BCUT2D eigenvalue weighted by Gasteiger charge is -2.17. The molecule has 0 aliphatic carbocycles. The molecule has 8 nitrogen and oxygen atoms in total. The molecule has 3 N–H and O–H groups in total. The Kier molecular flexibility index (Phi) is 7.41. The highest BCUT2D eigenvalue weighted by Crippen LogP contribution is 2.13. The monoisotopic (exact) mass is 336 g/mol. The Labute approximate surface area is 139 Å².